The molecule has 1 aromatic carbocycles. The molecule has 0 spiro atoms. The quantitative estimate of drug-likeness (QED) is 0.850. The van der Waals surface area contributed by atoms with Gasteiger partial charge in [0.25, 0.3) is 0 Å². The summed E-state index contributed by atoms with van der Waals surface area (Å²) in [5.74, 6) is -0.364. The maximum Gasteiger partial charge on any atom is 0.416 e. The molecule has 0 atom stereocenters. The van der Waals surface area contributed by atoms with Crippen LogP contribution in [-0.4, -0.2) is 32.6 Å². The Balaban J connectivity index is 0.00000242. The summed E-state index contributed by atoms with van der Waals surface area (Å²) in [6, 6.07) is 3.49. The van der Waals surface area contributed by atoms with Gasteiger partial charge in [0.1, 0.15) is 0 Å². The van der Waals surface area contributed by atoms with Gasteiger partial charge in [-0.25, -0.2) is 0 Å². The highest BCUT2D eigenvalue weighted by Crippen LogP contribution is 2.36. The van der Waals surface area contributed by atoms with Crippen molar-refractivity contribution >= 4 is 42.1 Å². The van der Waals surface area contributed by atoms with Crippen molar-refractivity contribution in [1.29, 1.82) is 0 Å². The number of hydrogen-bond donors (Lipinski definition) is 2. The molecule has 0 bridgehead atoms. The van der Waals surface area contributed by atoms with E-state index in [1.54, 1.807) is 7.05 Å². The average Bonchev–Trinajstić information content (AvgIpc) is 2.91. The molecule has 0 aromatic heterocycles. The summed E-state index contributed by atoms with van der Waals surface area (Å²) in [6.07, 6.45) is -2.41. The van der Waals surface area contributed by atoms with Gasteiger partial charge in [-0.2, -0.15) is 13.2 Å². The molecule has 0 saturated carbocycles. The van der Waals surface area contributed by atoms with Crippen LogP contribution in [0.25, 0.3) is 0 Å². The minimum absolute atomic E-state index is 0. The Labute approximate surface area is 145 Å². The van der Waals surface area contributed by atoms with Crippen LogP contribution in [-0.2, 0) is 11.0 Å². The van der Waals surface area contributed by atoms with Crippen molar-refractivity contribution in [1.82, 2.24) is 5.32 Å². The van der Waals surface area contributed by atoms with Crippen LogP contribution < -0.4 is 15.5 Å². The maximum atomic E-state index is 12.8. The highest BCUT2D eigenvalue weighted by Gasteiger charge is 2.31. The highest BCUT2D eigenvalue weighted by molar-refractivity contribution is 5.95. The third-order valence-corrected chi connectivity index (χ3v) is 3.38. The minimum atomic E-state index is -4.42. The van der Waals surface area contributed by atoms with E-state index in [4.69, 9.17) is 0 Å². The zero-order valence-corrected chi connectivity index (χ0v) is 14.2. The van der Waals surface area contributed by atoms with Gasteiger partial charge in [0, 0.05) is 13.1 Å². The number of amides is 1. The van der Waals surface area contributed by atoms with E-state index in [0.717, 1.165) is 38.1 Å². The third-order valence-electron chi connectivity index (χ3n) is 3.38. The molecule has 1 amide bonds. The van der Waals surface area contributed by atoms with E-state index in [1.165, 1.54) is 6.07 Å². The van der Waals surface area contributed by atoms with Gasteiger partial charge in [-0.15, -0.1) is 24.8 Å². The zero-order chi connectivity index (χ0) is 15.5. The Morgan fingerprint density at radius 3 is 2.35 bits per heavy atom. The van der Waals surface area contributed by atoms with Gasteiger partial charge in [0.2, 0.25) is 5.91 Å². The Hall–Kier alpha value is -1.18. The number of anilines is 2. The Morgan fingerprint density at radius 1 is 1.22 bits per heavy atom. The molecule has 23 heavy (non-hydrogen) atoms. The molecule has 1 aliphatic rings. The first-order valence-electron chi connectivity index (χ1n) is 6.82. The third kappa shape index (κ3) is 5.75. The second-order valence-corrected chi connectivity index (χ2v) is 5.00. The van der Waals surface area contributed by atoms with E-state index >= 15 is 0 Å². The summed E-state index contributed by atoms with van der Waals surface area (Å²) in [5, 5.41) is 5.23. The zero-order valence-electron chi connectivity index (χ0n) is 12.6. The first kappa shape index (κ1) is 21.8. The van der Waals surface area contributed by atoms with Crippen molar-refractivity contribution < 1.29 is 18.0 Å². The van der Waals surface area contributed by atoms with E-state index in [0.29, 0.717) is 5.69 Å². The van der Waals surface area contributed by atoms with Crippen molar-refractivity contribution in [2.75, 3.05) is 36.9 Å². The molecular formula is C14H20Cl2F3N3O. The predicted octanol–water partition coefficient (Wildman–Crippen LogP) is 3.31. The minimum Gasteiger partial charge on any atom is -0.370 e. The number of nitrogens with one attached hydrogen (secondary N) is 2. The summed E-state index contributed by atoms with van der Waals surface area (Å²) in [6.45, 7) is 1.64. The van der Waals surface area contributed by atoms with Crippen molar-refractivity contribution in [3.63, 3.8) is 0 Å². The SMILES string of the molecule is CNCC(=O)Nc1cc(C(F)(F)F)ccc1N1CCCC1.Cl.Cl. The lowest BCUT2D eigenvalue weighted by Crippen LogP contribution is -2.27. The first-order valence-corrected chi connectivity index (χ1v) is 6.82. The summed E-state index contributed by atoms with van der Waals surface area (Å²) in [5.41, 5.74) is 0.0992. The molecule has 132 valence electrons. The number of alkyl halides is 3. The van der Waals surface area contributed by atoms with Gasteiger partial charge in [0.05, 0.1) is 23.5 Å². The number of hydrogen-bond acceptors (Lipinski definition) is 3. The summed E-state index contributed by atoms with van der Waals surface area (Å²) in [7, 11) is 1.60. The maximum absolute atomic E-state index is 12.8. The lowest BCUT2D eigenvalue weighted by atomic mass is 10.1. The Kier molecular flexibility index (Phi) is 8.73. The predicted molar refractivity (Wildman–Crippen MR) is 89.9 cm³/mol. The molecule has 1 aromatic rings. The number of carbonyl (C=O) groups excluding carboxylic acids is 1. The number of likely N-dealkylation sites (N-methyl/N-ethyl adjacent to an activating group) is 1. The number of halogens is 5. The summed E-state index contributed by atoms with van der Waals surface area (Å²) in [4.78, 5) is 13.7. The second kappa shape index (κ2) is 9.20. The van der Waals surface area contributed by atoms with Crippen molar-refractivity contribution in [2.24, 2.45) is 0 Å². The lowest BCUT2D eigenvalue weighted by molar-refractivity contribution is -0.137. The standard InChI is InChI=1S/C14H18F3N3O.2ClH/c1-18-9-13(21)19-11-8-10(14(15,16)17)4-5-12(11)20-6-2-3-7-20;;/h4-5,8,18H,2-3,6-7,9H2,1H3,(H,19,21);2*1H. The van der Waals surface area contributed by atoms with E-state index in [1.807, 2.05) is 4.90 Å². The van der Waals surface area contributed by atoms with Crippen LogP contribution in [0.5, 0.6) is 0 Å². The fraction of sp³-hybridized carbons (Fsp3) is 0.500. The highest BCUT2D eigenvalue weighted by atomic mass is 35.5. The number of carbonyl (C=O) groups is 1. The molecule has 0 unspecified atom stereocenters. The molecule has 9 heteroatoms. The summed E-state index contributed by atoms with van der Waals surface area (Å²) < 4.78 is 38.5. The molecule has 4 nitrogen and oxygen atoms in total. The molecule has 0 aliphatic carbocycles. The van der Waals surface area contributed by atoms with Crippen LogP contribution in [0, 0.1) is 0 Å². The monoisotopic (exact) mass is 373 g/mol. The lowest BCUT2D eigenvalue weighted by Gasteiger charge is -2.23. The van der Waals surface area contributed by atoms with E-state index < -0.39 is 11.7 Å². The molecular weight excluding hydrogens is 354 g/mol. The smallest absolute Gasteiger partial charge is 0.370 e. The van der Waals surface area contributed by atoms with Crippen LogP contribution in [0.1, 0.15) is 18.4 Å². The van der Waals surface area contributed by atoms with Gasteiger partial charge in [0.15, 0.2) is 0 Å². The number of rotatable bonds is 4. The van der Waals surface area contributed by atoms with Crippen molar-refractivity contribution in [2.45, 2.75) is 19.0 Å². The second-order valence-electron chi connectivity index (χ2n) is 5.00. The van der Waals surface area contributed by atoms with Crippen molar-refractivity contribution in [3.8, 4) is 0 Å². The molecule has 1 heterocycles. The largest absolute Gasteiger partial charge is 0.416 e. The number of benzene rings is 1. The average molecular weight is 374 g/mol. The molecule has 2 rings (SSSR count). The molecule has 1 saturated heterocycles. The van der Waals surface area contributed by atoms with Crippen LogP contribution >= 0.6 is 24.8 Å². The molecule has 2 N–H and O–H groups in total. The van der Waals surface area contributed by atoms with E-state index in [9.17, 15) is 18.0 Å². The van der Waals surface area contributed by atoms with Gasteiger partial charge in [-0.1, -0.05) is 0 Å². The first-order chi connectivity index (χ1) is 9.91. The van der Waals surface area contributed by atoms with Gasteiger partial charge in [-0.05, 0) is 38.1 Å². The fourth-order valence-electron chi connectivity index (χ4n) is 2.40. The van der Waals surface area contributed by atoms with E-state index in [2.05, 4.69) is 10.6 Å². The van der Waals surface area contributed by atoms with Gasteiger partial charge < -0.3 is 15.5 Å². The number of nitrogens with zero attached hydrogens (tertiary/aromatic N) is 1. The fourth-order valence-corrected chi connectivity index (χ4v) is 2.40. The molecule has 1 fully saturated rings. The van der Waals surface area contributed by atoms with E-state index in [-0.39, 0.29) is 43.0 Å². The van der Waals surface area contributed by atoms with Crippen LogP contribution in [0.15, 0.2) is 18.2 Å². The van der Waals surface area contributed by atoms with Crippen LogP contribution in [0.4, 0.5) is 24.5 Å². The van der Waals surface area contributed by atoms with Gasteiger partial charge in [-0.3, -0.25) is 4.79 Å². The Bertz CT molecular complexity index is 520. The topological polar surface area (TPSA) is 44.4 Å². The molecule has 0 radical (unpaired) electrons. The Morgan fingerprint density at radius 2 is 1.83 bits per heavy atom. The van der Waals surface area contributed by atoms with Crippen LogP contribution in [0.2, 0.25) is 0 Å². The van der Waals surface area contributed by atoms with Gasteiger partial charge >= 0.3 is 6.18 Å². The molecule has 1 aliphatic heterocycles. The van der Waals surface area contributed by atoms with Crippen LogP contribution in [0.3, 0.4) is 0 Å². The summed E-state index contributed by atoms with van der Waals surface area (Å²) >= 11 is 0. The normalized spacial score (nSPS) is 14.0. The van der Waals surface area contributed by atoms with Crippen molar-refractivity contribution in [3.05, 3.63) is 23.8 Å².